The molecule has 1 amide bonds. The molecule has 82 valence electrons. The number of carbonyl (C=O) groups excluding carboxylic acids is 1. The van der Waals surface area contributed by atoms with Crippen molar-refractivity contribution in [1.29, 1.82) is 0 Å². The molecule has 1 aromatic carbocycles. The van der Waals surface area contributed by atoms with E-state index in [0.29, 0.717) is 30.3 Å². The van der Waals surface area contributed by atoms with Crippen molar-refractivity contribution >= 4 is 17.5 Å². The molecule has 0 unspecified atom stereocenters. The summed E-state index contributed by atoms with van der Waals surface area (Å²) in [5.41, 5.74) is 0. The van der Waals surface area contributed by atoms with Gasteiger partial charge in [-0.25, -0.2) is 0 Å². The highest BCUT2D eigenvalue weighted by molar-refractivity contribution is 6.30. The first kappa shape index (κ1) is 11.9. The fourth-order valence-corrected chi connectivity index (χ4v) is 1.22. The third kappa shape index (κ3) is 4.70. The molecular formula is C11H14ClNO2. The van der Waals surface area contributed by atoms with Crippen molar-refractivity contribution < 1.29 is 9.53 Å². The zero-order chi connectivity index (χ0) is 11.1. The van der Waals surface area contributed by atoms with E-state index in [0.717, 1.165) is 0 Å². The van der Waals surface area contributed by atoms with E-state index in [4.69, 9.17) is 16.3 Å². The molecule has 0 saturated heterocycles. The number of rotatable bonds is 5. The van der Waals surface area contributed by atoms with Crippen molar-refractivity contribution in [2.24, 2.45) is 0 Å². The van der Waals surface area contributed by atoms with Gasteiger partial charge in [0, 0.05) is 11.4 Å². The van der Waals surface area contributed by atoms with Gasteiger partial charge in [-0.05, 0) is 18.2 Å². The molecule has 0 aromatic heterocycles. The van der Waals surface area contributed by atoms with Crippen LogP contribution in [0.2, 0.25) is 5.02 Å². The fourth-order valence-electron chi connectivity index (χ4n) is 1.04. The van der Waals surface area contributed by atoms with E-state index < -0.39 is 0 Å². The second-order valence-corrected chi connectivity index (χ2v) is 3.45. The lowest BCUT2D eigenvalue weighted by Crippen LogP contribution is -2.27. The molecule has 0 radical (unpaired) electrons. The quantitative estimate of drug-likeness (QED) is 0.784. The van der Waals surface area contributed by atoms with Crippen LogP contribution in [0.1, 0.15) is 13.3 Å². The van der Waals surface area contributed by atoms with Crippen LogP contribution < -0.4 is 10.1 Å². The zero-order valence-corrected chi connectivity index (χ0v) is 9.38. The van der Waals surface area contributed by atoms with Gasteiger partial charge in [-0.15, -0.1) is 0 Å². The van der Waals surface area contributed by atoms with Crippen LogP contribution in [-0.2, 0) is 4.79 Å². The van der Waals surface area contributed by atoms with Gasteiger partial charge in [-0.3, -0.25) is 4.79 Å². The number of amides is 1. The number of carbonyl (C=O) groups is 1. The van der Waals surface area contributed by atoms with E-state index in [1.807, 2.05) is 19.1 Å². The highest BCUT2D eigenvalue weighted by Crippen LogP contribution is 2.16. The average Bonchev–Trinajstić information content (AvgIpc) is 2.24. The SMILES string of the molecule is CCC(=O)NCCOc1cccc(Cl)c1. The molecule has 1 rings (SSSR count). The van der Waals surface area contributed by atoms with Gasteiger partial charge in [0.05, 0.1) is 6.54 Å². The Morgan fingerprint density at radius 3 is 3.00 bits per heavy atom. The van der Waals surface area contributed by atoms with Crippen molar-refractivity contribution in [3.05, 3.63) is 29.3 Å². The Morgan fingerprint density at radius 2 is 2.33 bits per heavy atom. The molecule has 0 aliphatic carbocycles. The fraction of sp³-hybridized carbons (Fsp3) is 0.364. The highest BCUT2D eigenvalue weighted by Gasteiger charge is 1.97. The predicted octanol–water partition coefficient (Wildman–Crippen LogP) is 2.25. The van der Waals surface area contributed by atoms with Gasteiger partial charge in [-0.2, -0.15) is 0 Å². The van der Waals surface area contributed by atoms with Gasteiger partial charge in [0.1, 0.15) is 12.4 Å². The van der Waals surface area contributed by atoms with Gasteiger partial charge in [0.25, 0.3) is 0 Å². The molecular weight excluding hydrogens is 214 g/mol. The lowest BCUT2D eigenvalue weighted by molar-refractivity contribution is -0.120. The molecule has 1 aromatic rings. The minimum absolute atomic E-state index is 0.0321. The number of benzene rings is 1. The van der Waals surface area contributed by atoms with Crippen LogP contribution in [0.5, 0.6) is 5.75 Å². The first-order valence-electron chi connectivity index (χ1n) is 4.87. The van der Waals surface area contributed by atoms with Gasteiger partial charge in [0.15, 0.2) is 0 Å². The number of nitrogens with one attached hydrogen (secondary N) is 1. The molecule has 0 fully saturated rings. The summed E-state index contributed by atoms with van der Waals surface area (Å²) in [6.45, 7) is 2.78. The molecule has 0 bridgehead atoms. The lowest BCUT2D eigenvalue weighted by Gasteiger charge is -2.06. The maximum Gasteiger partial charge on any atom is 0.219 e. The van der Waals surface area contributed by atoms with Crippen molar-refractivity contribution in [1.82, 2.24) is 5.32 Å². The van der Waals surface area contributed by atoms with Crippen molar-refractivity contribution in [2.75, 3.05) is 13.2 Å². The van der Waals surface area contributed by atoms with Crippen LogP contribution in [0.15, 0.2) is 24.3 Å². The van der Waals surface area contributed by atoms with Crippen LogP contribution in [0.25, 0.3) is 0 Å². The third-order valence-electron chi connectivity index (χ3n) is 1.81. The molecule has 0 aliphatic rings. The summed E-state index contributed by atoms with van der Waals surface area (Å²) in [6.07, 6.45) is 0.497. The second kappa shape index (κ2) is 6.30. The van der Waals surface area contributed by atoms with E-state index in [1.54, 1.807) is 12.1 Å². The summed E-state index contributed by atoms with van der Waals surface area (Å²) < 4.78 is 5.38. The highest BCUT2D eigenvalue weighted by atomic mass is 35.5. The molecule has 3 nitrogen and oxygen atoms in total. The first-order valence-corrected chi connectivity index (χ1v) is 5.25. The van der Waals surface area contributed by atoms with E-state index >= 15 is 0 Å². The Balaban J connectivity index is 2.23. The molecule has 0 atom stereocenters. The Hall–Kier alpha value is -1.22. The number of hydrogen-bond acceptors (Lipinski definition) is 2. The Morgan fingerprint density at radius 1 is 1.53 bits per heavy atom. The van der Waals surface area contributed by atoms with Crippen molar-refractivity contribution in [3.63, 3.8) is 0 Å². The summed E-state index contributed by atoms with van der Waals surface area (Å²) in [4.78, 5) is 10.9. The normalized spacial score (nSPS) is 9.73. The zero-order valence-electron chi connectivity index (χ0n) is 8.63. The molecule has 1 N–H and O–H groups in total. The predicted molar refractivity (Wildman–Crippen MR) is 60.2 cm³/mol. The Kier molecular flexibility index (Phi) is 4.98. The van der Waals surface area contributed by atoms with Crippen LogP contribution in [-0.4, -0.2) is 19.1 Å². The summed E-state index contributed by atoms with van der Waals surface area (Å²) in [6, 6.07) is 7.17. The molecule has 4 heteroatoms. The molecule has 0 saturated carbocycles. The van der Waals surface area contributed by atoms with Gasteiger partial charge >= 0.3 is 0 Å². The number of hydrogen-bond donors (Lipinski definition) is 1. The minimum Gasteiger partial charge on any atom is -0.492 e. The lowest BCUT2D eigenvalue weighted by atomic mass is 10.3. The maximum absolute atomic E-state index is 10.9. The summed E-state index contributed by atoms with van der Waals surface area (Å²) in [5.74, 6) is 0.748. The van der Waals surface area contributed by atoms with Crippen molar-refractivity contribution in [3.8, 4) is 5.75 Å². The third-order valence-corrected chi connectivity index (χ3v) is 2.05. The van der Waals surface area contributed by atoms with Gasteiger partial charge in [-0.1, -0.05) is 24.6 Å². The number of ether oxygens (including phenoxy) is 1. The van der Waals surface area contributed by atoms with E-state index in [9.17, 15) is 4.79 Å². The second-order valence-electron chi connectivity index (χ2n) is 3.01. The molecule has 0 spiro atoms. The largest absolute Gasteiger partial charge is 0.492 e. The number of halogens is 1. The molecule has 0 heterocycles. The maximum atomic E-state index is 10.9. The van der Waals surface area contributed by atoms with E-state index in [-0.39, 0.29) is 5.91 Å². The summed E-state index contributed by atoms with van der Waals surface area (Å²) >= 11 is 5.78. The first-order chi connectivity index (χ1) is 7.22. The van der Waals surface area contributed by atoms with Crippen molar-refractivity contribution in [2.45, 2.75) is 13.3 Å². The minimum atomic E-state index is 0.0321. The van der Waals surface area contributed by atoms with Crippen LogP contribution in [0.3, 0.4) is 0 Å². The smallest absolute Gasteiger partial charge is 0.219 e. The van der Waals surface area contributed by atoms with Crippen LogP contribution in [0.4, 0.5) is 0 Å². The average molecular weight is 228 g/mol. The summed E-state index contributed by atoms with van der Waals surface area (Å²) in [5, 5.41) is 3.36. The standard InChI is InChI=1S/C11H14ClNO2/c1-2-11(14)13-6-7-15-10-5-3-4-9(12)8-10/h3-5,8H,2,6-7H2,1H3,(H,13,14). The molecule has 0 aliphatic heterocycles. The van der Waals surface area contributed by atoms with Crippen LogP contribution >= 0.6 is 11.6 Å². The van der Waals surface area contributed by atoms with E-state index in [2.05, 4.69) is 5.32 Å². The van der Waals surface area contributed by atoms with Gasteiger partial charge < -0.3 is 10.1 Å². The molecule has 15 heavy (non-hydrogen) atoms. The summed E-state index contributed by atoms with van der Waals surface area (Å²) in [7, 11) is 0. The Bertz CT molecular complexity index is 328. The topological polar surface area (TPSA) is 38.3 Å². The van der Waals surface area contributed by atoms with Gasteiger partial charge in [0.2, 0.25) is 5.91 Å². The van der Waals surface area contributed by atoms with Crippen LogP contribution in [0, 0.1) is 0 Å². The Labute approximate surface area is 94.4 Å². The monoisotopic (exact) mass is 227 g/mol. The van der Waals surface area contributed by atoms with E-state index in [1.165, 1.54) is 0 Å².